The van der Waals surface area contributed by atoms with Crippen LogP contribution < -0.4 is 0 Å². The van der Waals surface area contributed by atoms with Gasteiger partial charge in [0, 0.05) is 19.3 Å². The summed E-state index contributed by atoms with van der Waals surface area (Å²) in [6, 6.07) is 9.48. The summed E-state index contributed by atoms with van der Waals surface area (Å²) >= 11 is 5.75. The van der Waals surface area contributed by atoms with Gasteiger partial charge in [-0.2, -0.15) is 0 Å². The zero-order valence-electron chi connectivity index (χ0n) is 13.8. The molecule has 0 fully saturated rings. The van der Waals surface area contributed by atoms with Gasteiger partial charge in [0.15, 0.2) is 6.61 Å². The Bertz CT molecular complexity index is 695. The quantitative estimate of drug-likeness (QED) is 0.778. The van der Waals surface area contributed by atoms with E-state index in [2.05, 4.69) is 4.98 Å². The molecule has 128 valence electrons. The van der Waals surface area contributed by atoms with E-state index in [9.17, 15) is 9.59 Å². The lowest BCUT2D eigenvalue weighted by molar-refractivity contribution is -0.135. The minimum Gasteiger partial charge on any atom is -0.451 e. The van der Waals surface area contributed by atoms with E-state index in [0.717, 1.165) is 12.0 Å². The molecule has 1 heterocycles. The molecule has 2 aromatic rings. The van der Waals surface area contributed by atoms with Crippen LogP contribution in [0, 0.1) is 6.92 Å². The molecule has 1 aromatic heterocycles. The molecule has 0 saturated heterocycles. The molecule has 0 aliphatic heterocycles. The van der Waals surface area contributed by atoms with Gasteiger partial charge in [-0.3, -0.25) is 4.79 Å². The highest BCUT2D eigenvalue weighted by Crippen LogP contribution is 2.11. The number of nitrogens with zero attached hydrogens (tertiary/aromatic N) is 1. The summed E-state index contributed by atoms with van der Waals surface area (Å²) in [5, 5.41) is 0.417. The Morgan fingerprint density at radius 3 is 2.54 bits per heavy atom. The van der Waals surface area contributed by atoms with Gasteiger partial charge in [0.1, 0.15) is 5.69 Å². The van der Waals surface area contributed by atoms with Crippen LogP contribution in [-0.2, 0) is 16.1 Å². The normalized spacial score (nSPS) is 10.5. The van der Waals surface area contributed by atoms with Gasteiger partial charge in [-0.25, -0.2) is 4.79 Å². The third-order valence-electron chi connectivity index (χ3n) is 3.53. The highest BCUT2D eigenvalue weighted by atomic mass is 35.5. The molecule has 2 rings (SSSR count). The van der Waals surface area contributed by atoms with Crippen LogP contribution in [0.2, 0.25) is 5.02 Å². The first-order chi connectivity index (χ1) is 11.5. The number of esters is 1. The van der Waals surface area contributed by atoms with Crippen LogP contribution in [-0.4, -0.2) is 34.9 Å². The van der Waals surface area contributed by atoms with E-state index in [0.29, 0.717) is 18.1 Å². The van der Waals surface area contributed by atoms with Gasteiger partial charge in [0.05, 0.1) is 5.02 Å². The summed E-state index contributed by atoms with van der Waals surface area (Å²) in [7, 11) is 0. The van der Waals surface area contributed by atoms with Crippen molar-refractivity contribution in [3.8, 4) is 0 Å². The number of rotatable bonds is 7. The second-order valence-electron chi connectivity index (χ2n) is 5.61. The Hall–Kier alpha value is -2.27. The molecule has 0 unspecified atom stereocenters. The number of aryl methyl sites for hydroxylation is 1. The number of amides is 1. The first-order valence-corrected chi connectivity index (χ1v) is 8.21. The van der Waals surface area contributed by atoms with E-state index in [1.54, 1.807) is 4.90 Å². The molecule has 6 heteroatoms. The maximum absolute atomic E-state index is 12.4. The molecular formula is C18H21ClN2O3. The van der Waals surface area contributed by atoms with Gasteiger partial charge in [-0.1, -0.05) is 48.4 Å². The van der Waals surface area contributed by atoms with Crippen molar-refractivity contribution in [1.82, 2.24) is 9.88 Å². The number of benzene rings is 1. The molecule has 24 heavy (non-hydrogen) atoms. The molecule has 1 N–H and O–H groups in total. The van der Waals surface area contributed by atoms with E-state index in [-0.39, 0.29) is 18.2 Å². The number of halogens is 1. The number of H-pyrrole nitrogens is 1. The second kappa shape index (κ2) is 8.55. The van der Waals surface area contributed by atoms with Crippen LogP contribution in [0.3, 0.4) is 0 Å². The maximum Gasteiger partial charge on any atom is 0.355 e. The second-order valence-corrected chi connectivity index (χ2v) is 6.05. The first kappa shape index (κ1) is 18.1. The average Bonchev–Trinajstić information content (AvgIpc) is 3.00. The van der Waals surface area contributed by atoms with Gasteiger partial charge >= 0.3 is 5.97 Å². The molecule has 0 aliphatic rings. The van der Waals surface area contributed by atoms with Crippen molar-refractivity contribution in [3.63, 3.8) is 0 Å². The van der Waals surface area contributed by atoms with E-state index in [1.165, 1.54) is 17.8 Å². The molecule has 0 radical (unpaired) electrons. The molecule has 0 atom stereocenters. The van der Waals surface area contributed by atoms with E-state index < -0.39 is 5.97 Å². The Kier molecular flexibility index (Phi) is 6.44. The zero-order valence-corrected chi connectivity index (χ0v) is 14.6. The summed E-state index contributed by atoms with van der Waals surface area (Å²) in [5.74, 6) is -0.814. The van der Waals surface area contributed by atoms with Crippen LogP contribution >= 0.6 is 11.6 Å². The standard InChI is InChI=1S/C18H21ClN2O3/c1-3-8-21(11-14-6-4-13(2)5-7-14)17(22)12-24-18(23)16-9-15(19)10-20-16/h4-7,9-10,20H,3,8,11-12H2,1-2H3. The Balaban J connectivity index is 1.93. The number of hydrogen-bond acceptors (Lipinski definition) is 3. The lowest BCUT2D eigenvalue weighted by Gasteiger charge is -2.22. The van der Waals surface area contributed by atoms with Gasteiger partial charge in [0.25, 0.3) is 5.91 Å². The highest BCUT2D eigenvalue weighted by Gasteiger charge is 2.17. The molecule has 0 saturated carbocycles. The van der Waals surface area contributed by atoms with Crippen molar-refractivity contribution >= 4 is 23.5 Å². The van der Waals surface area contributed by atoms with Crippen molar-refractivity contribution in [1.29, 1.82) is 0 Å². The first-order valence-electron chi connectivity index (χ1n) is 7.84. The van der Waals surface area contributed by atoms with Crippen LogP contribution in [0.1, 0.15) is 35.0 Å². The highest BCUT2D eigenvalue weighted by molar-refractivity contribution is 6.30. The summed E-state index contributed by atoms with van der Waals surface area (Å²) in [6.07, 6.45) is 2.32. The van der Waals surface area contributed by atoms with Crippen LogP contribution in [0.4, 0.5) is 0 Å². The van der Waals surface area contributed by atoms with Crippen LogP contribution in [0.5, 0.6) is 0 Å². The molecule has 1 aromatic carbocycles. The number of ether oxygens (including phenoxy) is 1. The topological polar surface area (TPSA) is 62.4 Å². The number of nitrogens with one attached hydrogen (secondary N) is 1. The number of carbonyl (C=O) groups is 2. The van der Waals surface area contributed by atoms with Gasteiger partial charge < -0.3 is 14.6 Å². The Morgan fingerprint density at radius 2 is 1.96 bits per heavy atom. The minimum absolute atomic E-state index is 0.219. The monoisotopic (exact) mass is 348 g/mol. The molecule has 0 aliphatic carbocycles. The van der Waals surface area contributed by atoms with E-state index in [1.807, 2.05) is 38.1 Å². The third-order valence-corrected chi connectivity index (χ3v) is 3.75. The van der Waals surface area contributed by atoms with Crippen molar-refractivity contribution in [2.75, 3.05) is 13.2 Å². The fraction of sp³-hybridized carbons (Fsp3) is 0.333. The van der Waals surface area contributed by atoms with Gasteiger partial charge in [-0.15, -0.1) is 0 Å². The average molecular weight is 349 g/mol. The lowest BCUT2D eigenvalue weighted by atomic mass is 10.1. The molecule has 1 amide bonds. The fourth-order valence-corrected chi connectivity index (χ4v) is 2.42. The number of aromatic nitrogens is 1. The SMILES string of the molecule is CCCN(Cc1ccc(C)cc1)C(=O)COC(=O)c1cc(Cl)c[nH]1. The van der Waals surface area contributed by atoms with Crippen LogP contribution in [0.25, 0.3) is 0 Å². The van der Waals surface area contributed by atoms with E-state index >= 15 is 0 Å². The molecule has 5 nitrogen and oxygen atoms in total. The summed E-state index contributed by atoms with van der Waals surface area (Å²) in [6.45, 7) is 4.84. The van der Waals surface area contributed by atoms with Crippen molar-refractivity contribution in [2.24, 2.45) is 0 Å². The predicted molar refractivity (Wildman–Crippen MR) is 93.0 cm³/mol. The number of aromatic amines is 1. The van der Waals surface area contributed by atoms with Crippen molar-refractivity contribution in [3.05, 3.63) is 58.4 Å². The molecule has 0 spiro atoms. The Morgan fingerprint density at radius 1 is 1.25 bits per heavy atom. The Labute approximate surface area is 146 Å². The maximum atomic E-state index is 12.4. The summed E-state index contributed by atoms with van der Waals surface area (Å²) < 4.78 is 5.07. The smallest absolute Gasteiger partial charge is 0.355 e. The van der Waals surface area contributed by atoms with Crippen molar-refractivity contribution < 1.29 is 14.3 Å². The largest absolute Gasteiger partial charge is 0.451 e. The number of carbonyl (C=O) groups excluding carboxylic acids is 2. The van der Waals surface area contributed by atoms with Crippen molar-refractivity contribution in [2.45, 2.75) is 26.8 Å². The molecular weight excluding hydrogens is 328 g/mol. The third kappa shape index (κ3) is 5.13. The minimum atomic E-state index is -0.595. The van der Waals surface area contributed by atoms with Gasteiger partial charge in [-0.05, 0) is 25.0 Å². The summed E-state index contributed by atoms with van der Waals surface area (Å²) in [4.78, 5) is 28.6. The molecule has 0 bridgehead atoms. The van der Waals surface area contributed by atoms with Crippen LogP contribution in [0.15, 0.2) is 36.5 Å². The summed E-state index contributed by atoms with van der Waals surface area (Å²) in [5.41, 5.74) is 2.45. The van der Waals surface area contributed by atoms with E-state index in [4.69, 9.17) is 16.3 Å². The zero-order chi connectivity index (χ0) is 17.5. The fourth-order valence-electron chi connectivity index (χ4n) is 2.26. The predicted octanol–water partition coefficient (Wildman–Crippen LogP) is 3.57. The number of hydrogen-bond donors (Lipinski definition) is 1. The van der Waals surface area contributed by atoms with Gasteiger partial charge in [0.2, 0.25) is 0 Å². The lowest BCUT2D eigenvalue weighted by Crippen LogP contribution is -2.35.